The van der Waals surface area contributed by atoms with Crippen LogP contribution >= 0.6 is 0 Å². The summed E-state index contributed by atoms with van der Waals surface area (Å²) in [7, 11) is 0. The zero-order chi connectivity index (χ0) is 32.3. The molecular weight excluding hydrogens is 576 g/mol. The van der Waals surface area contributed by atoms with Gasteiger partial charge in [0, 0.05) is 84.1 Å². The van der Waals surface area contributed by atoms with Crippen LogP contribution in [0.1, 0.15) is 39.0 Å². The highest BCUT2D eigenvalue weighted by atomic mass is 16.4. The van der Waals surface area contributed by atoms with Gasteiger partial charge in [-0.05, 0) is 70.1 Å². The van der Waals surface area contributed by atoms with Crippen LogP contribution in [0.15, 0.2) is 48.8 Å². The Labute approximate surface area is 266 Å². The number of hydrogen-bond acceptors (Lipinski definition) is 10. The number of carboxylic acids is 2. The van der Waals surface area contributed by atoms with Crippen molar-refractivity contribution < 1.29 is 24.6 Å². The van der Waals surface area contributed by atoms with Crippen LogP contribution in [0.4, 0.5) is 11.6 Å². The molecule has 0 radical (unpaired) electrons. The van der Waals surface area contributed by atoms with Gasteiger partial charge in [-0.25, -0.2) is 9.97 Å². The van der Waals surface area contributed by atoms with E-state index in [-0.39, 0.29) is 24.8 Å². The summed E-state index contributed by atoms with van der Waals surface area (Å²) in [5.41, 5.74) is 0. The van der Waals surface area contributed by atoms with Crippen molar-refractivity contribution in [2.45, 2.75) is 45.1 Å². The number of piperazine rings is 2. The molecule has 13 heteroatoms. The van der Waals surface area contributed by atoms with Crippen molar-refractivity contribution in [3.05, 3.63) is 48.8 Å². The van der Waals surface area contributed by atoms with Gasteiger partial charge in [0.15, 0.2) is 0 Å². The van der Waals surface area contributed by atoms with Crippen molar-refractivity contribution in [1.82, 2.24) is 29.6 Å². The van der Waals surface area contributed by atoms with E-state index in [4.69, 9.17) is 10.2 Å². The molecule has 1 atom stereocenters. The topological polar surface area (TPSA) is 154 Å². The lowest BCUT2D eigenvalue weighted by Gasteiger charge is -2.36. The molecule has 4 N–H and O–H groups in total. The highest BCUT2D eigenvalue weighted by molar-refractivity contribution is 5.84. The van der Waals surface area contributed by atoms with E-state index in [0.29, 0.717) is 25.3 Å². The summed E-state index contributed by atoms with van der Waals surface area (Å²) in [6, 6.07) is 11.1. The minimum atomic E-state index is -0.756. The second kappa shape index (κ2) is 20.3. The molecule has 0 spiro atoms. The number of amides is 1. The number of anilines is 2. The minimum absolute atomic E-state index is 0.0702. The molecular formula is C32H50N8O5. The van der Waals surface area contributed by atoms with Crippen molar-refractivity contribution in [1.29, 1.82) is 0 Å². The predicted octanol–water partition coefficient (Wildman–Crippen LogP) is 2.26. The van der Waals surface area contributed by atoms with Crippen LogP contribution in [0, 0.1) is 0 Å². The van der Waals surface area contributed by atoms with Gasteiger partial charge >= 0.3 is 11.9 Å². The van der Waals surface area contributed by atoms with Crippen LogP contribution < -0.4 is 10.6 Å². The molecule has 45 heavy (non-hydrogen) atoms. The standard InChI is InChI=1S/C16H24N4O3.C16H26N4O2/c1-13(18-14-5-2-3-7-17-14)16(23)20-11-9-19(10-12-20)8-4-6-15(21)22;21-16(22)6-3-9-19-11-13-20(14-12-19)10-4-8-18-15-5-1-2-7-17-15/h2-3,5,7,13H,4,6,8-12H2,1H3,(H,17,18)(H,21,22);1-2,5,7H,3-4,6,8-14H2,(H,17,18)(H,21,22). The van der Waals surface area contributed by atoms with E-state index in [1.165, 1.54) is 0 Å². The van der Waals surface area contributed by atoms with Gasteiger partial charge in [-0.3, -0.25) is 19.3 Å². The van der Waals surface area contributed by atoms with Gasteiger partial charge in [-0.2, -0.15) is 0 Å². The number of pyridine rings is 2. The van der Waals surface area contributed by atoms with E-state index in [2.05, 4.69) is 35.3 Å². The molecule has 2 aliphatic heterocycles. The van der Waals surface area contributed by atoms with Crippen LogP contribution in [0.5, 0.6) is 0 Å². The van der Waals surface area contributed by atoms with Gasteiger partial charge < -0.3 is 35.5 Å². The van der Waals surface area contributed by atoms with Gasteiger partial charge in [-0.1, -0.05) is 12.1 Å². The van der Waals surface area contributed by atoms with Crippen molar-refractivity contribution in [2.24, 2.45) is 0 Å². The van der Waals surface area contributed by atoms with Gasteiger partial charge in [-0.15, -0.1) is 0 Å². The van der Waals surface area contributed by atoms with Crippen LogP contribution in [0.2, 0.25) is 0 Å². The summed E-state index contributed by atoms with van der Waals surface area (Å²) < 4.78 is 0. The van der Waals surface area contributed by atoms with Crippen molar-refractivity contribution in [2.75, 3.05) is 89.2 Å². The minimum Gasteiger partial charge on any atom is -0.481 e. The first-order valence-electron chi connectivity index (χ1n) is 16.0. The zero-order valence-electron chi connectivity index (χ0n) is 26.5. The van der Waals surface area contributed by atoms with Crippen LogP contribution in [0.3, 0.4) is 0 Å². The van der Waals surface area contributed by atoms with E-state index in [1.807, 2.05) is 48.2 Å². The maximum atomic E-state index is 12.5. The fraction of sp³-hybridized carbons (Fsp3) is 0.594. The summed E-state index contributed by atoms with van der Waals surface area (Å²) >= 11 is 0. The van der Waals surface area contributed by atoms with E-state index in [9.17, 15) is 14.4 Å². The molecule has 248 valence electrons. The summed E-state index contributed by atoms with van der Waals surface area (Å²) in [5.74, 6) is 0.250. The first-order chi connectivity index (χ1) is 21.8. The van der Waals surface area contributed by atoms with Gasteiger partial charge in [0.05, 0.1) is 0 Å². The molecule has 1 unspecified atom stereocenters. The SMILES string of the molecule is CC(Nc1ccccn1)C(=O)N1CCN(CCCC(=O)O)CC1.O=C(O)CCCN1CCN(CCCNc2ccccn2)CC1. The molecule has 2 saturated heterocycles. The molecule has 0 aromatic carbocycles. The van der Waals surface area contributed by atoms with Crippen LogP contribution in [0.25, 0.3) is 0 Å². The predicted molar refractivity (Wildman–Crippen MR) is 174 cm³/mol. The number of carbonyl (C=O) groups is 3. The number of carboxylic acid groups (broad SMARTS) is 2. The Morgan fingerprint density at radius 3 is 1.64 bits per heavy atom. The molecule has 2 aromatic heterocycles. The molecule has 4 rings (SSSR count). The molecule has 1 amide bonds. The number of hydrogen-bond donors (Lipinski definition) is 4. The second-order valence-corrected chi connectivity index (χ2v) is 11.4. The first-order valence-corrected chi connectivity index (χ1v) is 16.0. The summed E-state index contributed by atoms with van der Waals surface area (Å²) in [4.78, 5) is 50.8. The van der Waals surface area contributed by atoms with Crippen molar-refractivity contribution in [3.8, 4) is 0 Å². The molecule has 2 aliphatic rings. The molecule has 2 fully saturated rings. The Morgan fingerprint density at radius 1 is 0.711 bits per heavy atom. The summed E-state index contributed by atoms with van der Waals surface area (Å²) in [6.07, 6.45) is 6.48. The van der Waals surface area contributed by atoms with Gasteiger partial charge in [0.1, 0.15) is 17.7 Å². The van der Waals surface area contributed by atoms with Gasteiger partial charge in [0.2, 0.25) is 5.91 Å². The quantitative estimate of drug-likeness (QED) is 0.202. The maximum Gasteiger partial charge on any atom is 0.303 e. The smallest absolute Gasteiger partial charge is 0.303 e. The molecule has 0 bridgehead atoms. The Bertz CT molecular complexity index is 1130. The van der Waals surface area contributed by atoms with Gasteiger partial charge in [0.25, 0.3) is 0 Å². The summed E-state index contributed by atoms with van der Waals surface area (Å²) in [5, 5.41) is 23.8. The highest BCUT2D eigenvalue weighted by Gasteiger charge is 2.25. The molecule has 2 aromatic rings. The number of rotatable bonds is 16. The maximum absolute atomic E-state index is 12.5. The lowest BCUT2D eigenvalue weighted by Crippen LogP contribution is -2.52. The molecule has 0 aliphatic carbocycles. The van der Waals surface area contributed by atoms with E-state index >= 15 is 0 Å². The lowest BCUT2D eigenvalue weighted by atomic mass is 10.2. The number of nitrogens with zero attached hydrogens (tertiary/aromatic N) is 6. The lowest BCUT2D eigenvalue weighted by molar-refractivity contribution is -0.138. The van der Waals surface area contributed by atoms with E-state index in [0.717, 1.165) is 84.1 Å². The fourth-order valence-corrected chi connectivity index (χ4v) is 5.33. The number of carbonyl (C=O) groups excluding carboxylic acids is 1. The van der Waals surface area contributed by atoms with Crippen LogP contribution in [-0.2, 0) is 14.4 Å². The number of aliphatic carboxylic acids is 2. The average molecular weight is 627 g/mol. The van der Waals surface area contributed by atoms with Crippen LogP contribution in [-0.4, -0.2) is 142 Å². The Balaban J connectivity index is 0.000000246. The first kappa shape index (κ1) is 35.7. The molecule has 4 heterocycles. The third-order valence-electron chi connectivity index (χ3n) is 7.90. The monoisotopic (exact) mass is 626 g/mol. The van der Waals surface area contributed by atoms with Crippen molar-refractivity contribution in [3.63, 3.8) is 0 Å². The highest BCUT2D eigenvalue weighted by Crippen LogP contribution is 2.09. The Kier molecular flexibility index (Phi) is 16.1. The Hall–Kier alpha value is -3.81. The zero-order valence-corrected chi connectivity index (χ0v) is 26.5. The third kappa shape index (κ3) is 14.7. The molecule has 0 saturated carbocycles. The Morgan fingerprint density at radius 2 is 1.18 bits per heavy atom. The van der Waals surface area contributed by atoms with E-state index in [1.54, 1.807) is 12.4 Å². The number of aromatic nitrogens is 2. The summed E-state index contributed by atoms with van der Waals surface area (Å²) in [6.45, 7) is 12.8. The number of nitrogens with one attached hydrogen (secondary N) is 2. The third-order valence-corrected chi connectivity index (χ3v) is 7.90. The van der Waals surface area contributed by atoms with Crippen molar-refractivity contribution >= 4 is 29.5 Å². The normalized spacial score (nSPS) is 16.7. The molecule has 13 nitrogen and oxygen atoms in total. The van der Waals surface area contributed by atoms with E-state index < -0.39 is 11.9 Å². The second-order valence-electron chi connectivity index (χ2n) is 11.4. The fourth-order valence-electron chi connectivity index (χ4n) is 5.33. The largest absolute Gasteiger partial charge is 0.481 e. The average Bonchev–Trinajstić information content (AvgIpc) is 3.05.